The van der Waals surface area contributed by atoms with Crippen LogP contribution >= 0.6 is 11.3 Å². The molecule has 1 aromatic heterocycles. The van der Waals surface area contributed by atoms with Gasteiger partial charge in [0.2, 0.25) is 0 Å². The van der Waals surface area contributed by atoms with Crippen LogP contribution in [0, 0.1) is 0 Å². The fourth-order valence-corrected chi connectivity index (χ4v) is 4.05. The molecule has 0 atom stereocenters. The van der Waals surface area contributed by atoms with Crippen LogP contribution in [-0.2, 0) is 0 Å². The van der Waals surface area contributed by atoms with Crippen molar-refractivity contribution in [3.8, 4) is 0 Å². The molecule has 0 aliphatic carbocycles. The van der Waals surface area contributed by atoms with E-state index < -0.39 is 0 Å². The van der Waals surface area contributed by atoms with Crippen molar-refractivity contribution in [3.05, 3.63) is 17.0 Å². The van der Waals surface area contributed by atoms with E-state index in [1.54, 1.807) is 18.4 Å². The SMILES string of the molecule is CNC(=O)c1cc[c]([Sn][CH3])s1. The van der Waals surface area contributed by atoms with Crippen molar-refractivity contribution < 1.29 is 4.79 Å². The van der Waals surface area contributed by atoms with Crippen LogP contribution in [0.15, 0.2) is 12.1 Å². The molecular weight excluding hydrogens is 265 g/mol. The van der Waals surface area contributed by atoms with Crippen LogP contribution in [0.25, 0.3) is 0 Å². The Kier molecular flexibility index (Phi) is 3.38. The minimum atomic E-state index is -0.333. The molecule has 0 unspecified atom stereocenters. The third-order valence-electron chi connectivity index (χ3n) is 1.30. The zero-order valence-corrected chi connectivity index (χ0v) is 10.1. The number of carbonyl (C=O) groups is 1. The summed E-state index contributed by atoms with van der Waals surface area (Å²) in [7, 11) is 1.66. The summed E-state index contributed by atoms with van der Waals surface area (Å²) in [5, 5.41) is 2.61. The average Bonchev–Trinajstić information content (AvgIpc) is 2.50. The van der Waals surface area contributed by atoms with Gasteiger partial charge in [-0.2, -0.15) is 0 Å². The summed E-state index contributed by atoms with van der Waals surface area (Å²) in [6, 6.07) is 3.98. The van der Waals surface area contributed by atoms with Gasteiger partial charge in [-0.05, 0) is 0 Å². The maximum absolute atomic E-state index is 11.1. The van der Waals surface area contributed by atoms with Crippen LogP contribution in [0.4, 0.5) is 0 Å². The molecule has 1 N–H and O–H groups in total. The van der Waals surface area contributed by atoms with E-state index in [1.165, 1.54) is 2.89 Å². The third-order valence-corrected chi connectivity index (χ3v) is 6.33. The molecule has 1 aromatic rings. The van der Waals surface area contributed by atoms with E-state index in [2.05, 4.69) is 16.3 Å². The molecule has 0 aliphatic heterocycles. The van der Waals surface area contributed by atoms with Crippen molar-refractivity contribution in [3.63, 3.8) is 0 Å². The molecule has 11 heavy (non-hydrogen) atoms. The quantitative estimate of drug-likeness (QED) is 0.781. The van der Waals surface area contributed by atoms with Gasteiger partial charge >= 0.3 is 80.4 Å². The van der Waals surface area contributed by atoms with E-state index in [-0.39, 0.29) is 27.0 Å². The number of rotatable bonds is 2. The second-order valence-corrected chi connectivity index (χ2v) is 7.08. The molecule has 2 radical (unpaired) electrons. The van der Waals surface area contributed by atoms with Gasteiger partial charge < -0.3 is 0 Å². The Hall–Kier alpha value is -0.0313. The number of nitrogens with one attached hydrogen (secondary N) is 1. The van der Waals surface area contributed by atoms with Crippen LogP contribution in [0.1, 0.15) is 9.67 Å². The molecule has 4 heteroatoms. The number of carbonyl (C=O) groups excluding carboxylic acids is 1. The molecule has 0 spiro atoms. The Morgan fingerprint density at radius 3 is 2.82 bits per heavy atom. The Morgan fingerprint density at radius 1 is 1.64 bits per heavy atom. The van der Waals surface area contributed by atoms with Gasteiger partial charge in [0.25, 0.3) is 0 Å². The Labute approximate surface area is 80.2 Å². The van der Waals surface area contributed by atoms with Crippen LogP contribution < -0.4 is 8.21 Å². The predicted molar refractivity (Wildman–Crippen MR) is 49.0 cm³/mol. The van der Waals surface area contributed by atoms with Gasteiger partial charge in [0.15, 0.2) is 0 Å². The van der Waals surface area contributed by atoms with Gasteiger partial charge in [0, 0.05) is 0 Å². The second-order valence-electron chi connectivity index (χ2n) is 1.99. The zero-order chi connectivity index (χ0) is 8.27. The van der Waals surface area contributed by atoms with E-state index in [1.807, 2.05) is 6.07 Å². The van der Waals surface area contributed by atoms with Gasteiger partial charge in [0.1, 0.15) is 0 Å². The van der Waals surface area contributed by atoms with Crippen LogP contribution in [-0.4, -0.2) is 34.1 Å². The van der Waals surface area contributed by atoms with E-state index in [4.69, 9.17) is 0 Å². The van der Waals surface area contributed by atoms with Gasteiger partial charge in [-0.25, -0.2) is 0 Å². The van der Waals surface area contributed by atoms with Gasteiger partial charge in [-0.3, -0.25) is 0 Å². The van der Waals surface area contributed by atoms with Gasteiger partial charge in [-0.1, -0.05) is 0 Å². The maximum atomic E-state index is 11.1. The molecule has 1 heterocycles. The molecule has 2 nitrogen and oxygen atoms in total. The number of thiophene rings is 1. The molecule has 0 saturated heterocycles. The van der Waals surface area contributed by atoms with Crippen molar-refractivity contribution in [2.24, 2.45) is 0 Å². The molecule has 0 fully saturated rings. The first-order chi connectivity index (χ1) is 5.27. The molecule has 1 rings (SSSR count). The average molecular weight is 274 g/mol. The topological polar surface area (TPSA) is 29.1 Å². The van der Waals surface area contributed by atoms with E-state index >= 15 is 0 Å². The van der Waals surface area contributed by atoms with E-state index in [0.29, 0.717) is 0 Å². The van der Waals surface area contributed by atoms with Crippen LogP contribution in [0.3, 0.4) is 0 Å². The first kappa shape index (κ1) is 9.06. The first-order valence-electron chi connectivity index (χ1n) is 3.27. The fraction of sp³-hybridized carbons (Fsp3) is 0.286. The molecule has 0 aromatic carbocycles. The molecule has 58 valence electrons. The number of hydrogen-bond acceptors (Lipinski definition) is 2. The molecule has 0 aliphatic rings. The summed E-state index contributed by atoms with van der Waals surface area (Å²) < 4.78 is 1.42. The van der Waals surface area contributed by atoms with E-state index in [9.17, 15) is 4.79 Å². The monoisotopic (exact) mass is 275 g/mol. The van der Waals surface area contributed by atoms with Crippen molar-refractivity contribution in [1.82, 2.24) is 5.32 Å². The molecule has 1 amide bonds. The molecule has 0 saturated carbocycles. The minimum absolute atomic E-state index is 0.0362. The second kappa shape index (κ2) is 4.11. The summed E-state index contributed by atoms with van der Waals surface area (Å²) in [4.78, 5) is 14.2. The summed E-state index contributed by atoms with van der Waals surface area (Å²) >= 11 is 1.30. The molecular formula is C7H9NOSSn. The summed E-state index contributed by atoms with van der Waals surface area (Å²) in [6.07, 6.45) is 0. The van der Waals surface area contributed by atoms with Crippen molar-refractivity contribution >= 4 is 41.3 Å². The van der Waals surface area contributed by atoms with Crippen LogP contribution in [0.5, 0.6) is 0 Å². The summed E-state index contributed by atoms with van der Waals surface area (Å²) in [5.74, 6) is 0.0362. The third kappa shape index (κ3) is 2.20. The van der Waals surface area contributed by atoms with Crippen molar-refractivity contribution in [2.75, 3.05) is 7.05 Å². The molecule has 0 bridgehead atoms. The Morgan fingerprint density at radius 2 is 2.36 bits per heavy atom. The first-order valence-corrected chi connectivity index (χ1v) is 8.37. The Balaban J connectivity index is 2.80. The Bertz CT molecular complexity index is 259. The fourth-order valence-electron chi connectivity index (χ4n) is 0.717. The van der Waals surface area contributed by atoms with Gasteiger partial charge in [0.05, 0.1) is 0 Å². The standard InChI is InChI=1S/C6H6NOS.CH3.Sn/c1-7-6(8)5-3-2-4-9-5;;/h2-3H,1H3,(H,7,8);1H3;. The van der Waals surface area contributed by atoms with Crippen molar-refractivity contribution in [2.45, 2.75) is 4.94 Å². The van der Waals surface area contributed by atoms with E-state index in [0.717, 1.165) is 4.88 Å². The normalized spacial score (nSPS) is 9.64. The zero-order valence-electron chi connectivity index (χ0n) is 6.47. The predicted octanol–water partition coefficient (Wildman–Crippen LogP) is 0.485. The van der Waals surface area contributed by atoms with Gasteiger partial charge in [-0.15, -0.1) is 0 Å². The summed E-state index contributed by atoms with van der Waals surface area (Å²) in [6.45, 7) is 0. The summed E-state index contributed by atoms with van der Waals surface area (Å²) in [5.41, 5.74) is 0. The number of amides is 1. The number of hydrogen-bond donors (Lipinski definition) is 1. The van der Waals surface area contributed by atoms with Crippen LogP contribution in [0.2, 0.25) is 4.94 Å². The van der Waals surface area contributed by atoms with Crippen molar-refractivity contribution in [1.29, 1.82) is 0 Å².